The van der Waals surface area contributed by atoms with E-state index < -0.39 is 11.2 Å². The summed E-state index contributed by atoms with van der Waals surface area (Å²) in [5.41, 5.74) is 0.383. The lowest BCUT2D eigenvalue weighted by molar-refractivity contribution is -0.135. The van der Waals surface area contributed by atoms with Gasteiger partial charge in [0.1, 0.15) is 0 Å². The number of carboxylic acids is 1. The number of carboxylic acid groups (broad SMARTS) is 1. The Morgan fingerprint density at radius 2 is 1.87 bits per heavy atom. The number of hydrogen-bond acceptors (Lipinski definition) is 2. The number of halogens is 3. The zero-order valence-corrected chi connectivity index (χ0v) is 10.4. The molecular formula is C9H6Cl3O2S-. The summed E-state index contributed by atoms with van der Waals surface area (Å²) in [7, 11) is 0. The molecule has 6 heteroatoms. The number of hydrogen-bond donors (Lipinski definition) is 2. The van der Waals surface area contributed by atoms with Crippen molar-refractivity contribution in [2.75, 3.05) is 0 Å². The molecule has 0 aliphatic heterocycles. The molecule has 0 aliphatic carbocycles. The quantitative estimate of drug-likeness (QED) is 0.506. The van der Waals surface area contributed by atoms with E-state index in [0.717, 1.165) is 0 Å². The topological polar surface area (TPSA) is 37.3 Å². The summed E-state index contributed by atoms with van der Waals surface area (Å²) in [6, 6.07) is 3.09. The van der Waals surface area contributed by atoms with Crippen molar-refractivity contribution in [1.82, 2.24) is 0 Å². The first-order chi connectivity index (χ1) is 6.93. The molecule has 1 aromatic rings. The molecule has 1 aromatic carbocycles. The average molecular weight is 285 g/mol. The fraction of sp³-hybridized carbons (Fsp3) is 0.111. The Labute approximate surface area is 108 Å². The molecular weight excluding hydrogens is 279 g/mol. The predicted octanol–water partition coefficient (Wildman–Crippen LogP) is 3.58. The maximum absolute atomic E-state index is 10.6. The van der Waals surface area contributed by atoms with Crippen LogP contribution >= 0.6 is 47.4 Å². The van der Waals surface area contributed by atoms with Crippen LogP contribution in [-0.4, -0.2) is 16.3 Å². The smallest absolute Gasteiger partial charge is 0.308 e. The third-order valence-corrected chi connectivity index (χ3v) is 3.18. The maximum Gasteiger partial charge on any atom is 0.308 e. The molecule has 0 heterocycles. The number of aliphatic carboxylic acids is 1. The van der Waals surface area contributed by atoms with Crippen molar-refractivity contribution in [1.29, 1.82) is 0 Å². The molecule has 82 valence electrons. The molecule has 1 unspecified atom stereocenters. The van der Waals surface area contributed by atoms with Gasteiger partial charge in [0.25, 0.3) is 0 Å². The molecule has 1 rings (SSSR count). The third-order valence-electron chi connectivity index (χ3n) is 1.66. The highest BCUT2D eigenvalue weighted by Gasteiger charge is 2.10. The molecule has 0 spiro atoms. The first-order valence-electron chi connectivity index (χ1n) is 3.82. The first-order valence-corrected chi connectivity index (χ1v) is 5.47. The Kier molecular flexibility index (Phi) is 4.46. The second-order valence-electron chi connectivity index (χ2n) is 2.71. The van der Waals surface area contributed by atoms with Crippen LogP contribution in [-0.2, 0) is 4.79 Å². The Morgan fingerprint density at radius 1 is 1.33 bits per heavy atom. The minimum atomic E-state index is -1.08. The van der Waals surface area contributed by atoms with Crippen molar-refractivity contribution in [3.8, 4) is 0 Å². The summed E-state index contributed by atoms with van der Waals surface area (Å²) in [4.78, 5) is 10.6. The summed E-state index contributed by atoms with van der Waals surface area (Å²) in [6.45, 7) is 0. The molecule has 0 saturated heterocycles. The molecule has 0 aromatic heterocycles. The summed E-state index contributed by atoms with van der Waals surface area (Å²) < 4.78 is 0. The lowest BCUT2D eigenvalue weighted by atomic mass is 10.1. The van der Waals surface area contributed by atoms with Gasteiger partial charge < -0.3 is 5.11 Å². The highest BCUT2D eigenvalue weighted by molar-refractivity contribution is 7.82. The fourth-order valence-corrected chi connectivity index (χ4v) is 1.74. The zero-order valence-electron chi connectivity index (χ0n) is 7.25. The molecule has 15 heavy (non-hydrogen) atoms. The molecule has 0 bridgehead atoms. The van der Waals surface area contributed by atoms with Crippen molar-refractivity contribution < 1.29 is 9.90 Å². The largest absolute Gasteiger partial charge is 0.481 e. The summed E-state index contributed by atoms with van der Waals surface area (Å²) in [6.07, 6.45) is 1.34. The lowest BCUT2D eigenvalue weighted by Gasteiger charge is -2.19. The van der Waals surface area contributed by atoms with Crippen LogP contribution in [0.4, 0.5) is 0 Å². The molecule has 2 nitrogen and oxygen atoms in total. The van der Waals surface area contributed by atoms with Crippen LogP contribution in [0.3, 0.4) is 0 Å². The number of carbonyl (C=O) groups is 1. The van der Waals surface area contributed by atoms with Gasteiger partial charge in [0.2, 0.25) is 0 Å². The minimum Gasteiger partial charge on any atom is -0.481 e. The maximum atomic E-state index is 10.6. The van der Waals surface area contributed by atoms with E-state index in [1.165, 1.54) is 12.5 Å². The van der Waals surface area contributed by atoms with Crippen LogP contribution < -0.4 is 0 Å². The van der Waals surface area contributed by atoms with Crippen molar-refractivity contribution >= 4 is 53.4 Å². The molecule has 0 radical (unpaired) electrons. The van der Waals surface area contributed by atoms with Gasteiger partial charge in [-0.05, 0) is 5.02 Å². The van der Waals surface area contributed by atoms with E-state index >= 15 is 0 Å². The Morgan fingerprint density at radius 3 is 2.40 bits per heavy atom. The predicted molar refractivity (Wildman–Crippen MR) is 65.3 cm³/mol. The van der Waals surface area contributed by atoms with Crippen LogP contribution in [0.2, 0.25) is 15.1 Å². The highest BCUT2D eigenvalue weighted by atomic mass is 35.5. The van der Waals surface area contributed by atoms with Crippen LogP contribution in [0, 0.1) is 6.42 Å². The second-order valence-corrected chi connectivity index (χ2v) is 4.46. The average Bonchev–Trinajstić information content (AvgIpc) is 2.18. The number of rotatable bonds is 3. The van der Waals surface area contributed by atoms with Crippen molar-refractivity contribution in [2.45, 2.75) is 5.25 Å². The Balaban J connectivity index is 3.03. The van der Waals surface area contributed by atoms with Gasteiger partial charge in [-0.1, -0.05) is 28.8 Å². The summed E-state index contributed by atoms with van der Waals surface area (Å²) in [5, 5.41) is 8.58. The first kappa shape index (κ1) is 12.8. The minimum absolute atomic E-state index is 0.226. The van der Waals surface area contributed by atoms with Gasteiger partial charge in [-0.3, -0.25) is 4.79 Å². The monoisotopic (exact) mass is 283 g/mol. The van der Waals surface area contributed by atoms with Gasteiger partial charge in [0.05, 0.1) is 5.25 Å². The van der Waals surface area contributed by atoms with Crippen LogP contribution in [0.15, 0.2) is 12.1 Å². The fourth-order valence-electron chi connectivity index (χ4n) is 0.925. The van der Waals surface area contributed by atoms with Gasteiger partial charge in [-0.25, -0.2) is 0 Å². The standard InChI is InChI=1S/C9H6Cl3O2S/c10-5-1-2-6(11)8(12)4(5)3-7(15)9(13)14/h1-3,7,15H,(H,13,14)/q-1. The molecule has 0 fully saturated rings. The molecule has 0 aliphatic rings. The summed E-state index contributed by atoms with van der Waals surface area (Å²) in [5.74, 6) is -1.08. The summed E-state index contributed by atoms with van der Waals surface area (Å²) >= 11 is 21.3. The molecule has 0 amide bonds. The van der Waals surface area contributed by atoms with Crippen LogP contribution in [0.25, 0.3) is 0 Å². The van der Waals surface area contributed by atoms with E-state index in [1.54, 1.807) is 6.07 Å². The van der Waals surface area contributed by atoms with E-state index in [1.807, 2.05) is 0 Å². The third kappa shape index (κ3) is 3.11. The van der Waals surface area contributed by atoms with Gasteiger partial charge in [-0.15, -0.1) is 0 Å². The van der Waals surface area contributed by atoms with Gasteiger partial charge in [-0.2, -0.15) is 47.8 Å². The van der Waals surface area contributed by atoms with Gasteiger partial charge in [0, 0.05) is 5.02 Å². The lowest BCUT2D eigenvalue weighted by Crippen LogP contribution is -2.14. The van der Waals surface area contributed by atoms with E-state index in [4.69, 9.17) is 39.9 Å². The van der Waals surface area contributed by atoms with Crippen LogP contribution in [0.5, 0.6) is 0 Å². The van der Waals surface area contributed by atoms with Crippen molar-refractivity contribution in [3.05, 3.63) is 39.2 Å². The zero-order chi connectivity index (χ0) is 11.6. The van der Waals surface area contributed by atoms with Gasteiger partial charge in [0.15, 0.2) is 0 Å². The highest BCUT2D eigenvalue weighted by Crippen LogP contribution is 2.33. The van der Waals surface area contributed by atoms with E-state index in [0.29, 0.717) is 15.6 Å². The normalized spacial score (nSPS) is 12.3. The number of benzene rings is 1. The van der Waals surface area contributed by atoms with Crippen LogP contribution in [0.1, 0.15) is 5.56 Å². The van der Waals surface area contributed by atoms with E-state index in [9.17, 15) is 4.79 Å². The van der Waals surface area contributed by atoms with E-state index in [-0.39, 0.29) is 5.02 Å². The molecule has 0 saturated carbocycles. The number of thiol groups is 1. The molecule has 1 N–H and O–H groups in total. The SMILES string of the molecule is O=C(O)C(S)[CH-]c1c(Cl)ccc(Cl)c1Cl. The van der Waals surface area contributed by atoms with Crippen molar-refractivity contribution in [2.24, 2.45) is 0 Å². The second kappa shape index (κ2) is 5.21. The van der Waals surface area contributed by atoms with E-state index in [2.05, 4.69) is 12.6 Å². The molecule has 1 atom stereocenters. The Hall–Kier alpha value is -0.220. The van der Waals surface area contributed by atoms with Crippen molar-refractivity contribution in [3.63, 3.8) is 0 Å². The van der Waals surface area contributed by atoms with Gasteiger partial charge >= 0.3 is 5.97 Å². The Bertz CT molecular complexity index is 395.